The van der Waals surface area contributed by atoms with Crippen molar-refractivity contribution in [3.8, 4) is 0 Å². The van der Waals surface area contributed by atoms with Crippen molar-refractivity contribution < 1.29 is 112 Å². The number of nitrogens with two attached hydrogens (primary N) is 1. The molecule has 0 saturated carbocycles. The predicted octanol–water partition coefficient (Wildman–Crippen LogP) is 7.18. The first kappa shape index (κ1) is 109. The molecule has 0 unspecified atom stereocenters. The number of thioether (sulfide) groups is 1. The summed E-state index contributed by atoms with van der Waals surface area (Å²) in [4.78, 5) is 153. The van der Waals surface area contributed by atoms with E-state index >= 15 is 0 Å². The van der Waals surface area contributed by atoms with Gasteiger partial charge in [-0.2, -0.15) is 11.8 Å². The molecule has 93 heavy (non-hydrogen) atoms. The van der Waals surface area contributed by atoms with Crippen LogP contribution in [0, 0.1) is 17.8 Å². The second-order valence-corrected chi connectivity index (χ2v) is 21.4. The van der Waals surface area contributed by atoms with Crippen LogP contribution in [-0.4, -0.2) is 209 Å². The zero-order valence-electron chi connectivity index (χ0n) is 49.6. The summed E-state index contributed by atoms with van der Waals surface area (Å²) >= 11 is 1.27. The highest BCUT2D eigenvalue weighted by molar-refractivity contribution is 7.99. The molecule has 0 bridgehead atoms. The summed E-state index contributed by atoms with van der Waals surface area (Å²) in [5.74, 6) is -10.7. The summed E-state index contributed by atoms with van der Waals surface area (Å²) in [5, 5.41) is 65.3. The molecule has 0 saturated heterocycles. The highest BCUT2D eigenvalue weighted by Crippen LogP contribution is 2.19. The zero-order chi connectivity index (χ0) is 64.4. The summed E-state index contributed by atoms with van der Waals surface area (Å²) in [6, 6.07) is -3.07. The number of aliphatic hydroxyl groups excluding tert-OH is 1. The quantitative estimate of drug-likeness (QED) is 0.0268. The number of hydrogen-bond acceptors (Lipinski definition) is 20. The lowest BCUT2D eigenvalue weighted by Crippen LogP contribution is -2.44. The molecule has 29 heteroatoms. The topological polar surface area (TPSA) is 454 Å². The van der Waals surface area contributed by atoms with Crippen molar-refractivity contribution in [1.29, 1.82) is 0 Å². The number of hydrogen-bond donors (Lipinski definition) is 11. The third-order valence-electron chi connectivity index (χ3n) is 12.7. The van der Waals surface area contributed by atoms with Gasteiger partial charge in [-0.25, -0.2) is 9.59 Å². The van der Waals surface area contributed by atoms with Crippen molar-refractivity contribution >= 4 is 88.4 Å². The standard InChI is InChI=1S/C52H86N4O22S.C4H9NO.8CH4/c1-36(43(60)30-38(31-57)50(69)70)34-79-35-39(58)14-10-8-9-13-37(49(67)68)29-40(59)32-77-27-25-76-24-22-54-47(64)33-78-28-26-75-23-21-53-44(61)19-17-41(51(71)72)56-46(63)20-18-42(52(73)74)55-45(62)15-11-6-4-2-3-5-7-12-16-48(65)66;1-3(5)4(2)6;;;;;;;;/h36-38,41-42,57H,2-35H2,1H3,(H,53,61)(H,54,64)(H,55,62)(H,56,63)(H,65,66)(H,67,68)(H,69,70)(H,71,72)(H,73,74);3H,5H2,1-2H3;8*1H4/t36-,37+,38-,41+,42-;3-;;;;;;;;/m00......../s1. The lowest BCUT2D eigenvalue weighted by atomic mass is 9.95. The van der Waals surface area contributed by atoms with Crippen LogP contribution in [0.5, 0.6) is 0 Å². The molecule has 12 N–H and O–H groups in total. The molecule has 0 fully saturated rings. The van der Waals surface area contributed by atoms with E-state index in [9.17, 15) is 77.6 Å². The van der Waals surface area contributed by atoms with E-state index in [1.807, 2.05) is 0 Å². The Balaban J connectivity index is -0.000000584. The van der Waals surface area contributed by atoms with Crippen molar-refractivity contribution in [2.24, 2.45) is 23.5 Å². The number of rotatable bonds is 56. The van der Waals surface area contributed by atoms with Crippen LogP contribution in [0.15, 0.2) is 0 Å². The van der Waals surface area contributed by atoms with Crippen LogP contribution >= 0.6 is 11.8 Å². The number of carbonyl (C=O) groups excluding carboxylic acids is 8. The number of Topliss-reactive ketones (excluding diaryl/α,β-unsaturated/α-hetero) is 4. The van der Waals surface area contributed by atoms with Gasteiger partial charge in [0.2, 0.25) is 23.6 Å². The molecule has 0 aromatic carbocycles. The molecule has 552 valence electrons. The number of carboxylic acid groups (broad SMARTS) is 5. The van der Waals surface area contributed by atoms with Crippen molar-refractivity contribution in [1.82, 2.24) is 21.3 Å². The second kappa shape index (κ2) is 70.3. The van der Waals surface area contributed by atoms with Gasteiger partial charge >= 0.3 is 29.8 Å². The van der Waals surface area contributed by atoms with Crippen LogP contribution in [0.1, 0.15) is 215 Å². The first-order chi connectivity index (χ1) is 40.3. The molecule has 6 atom stereocenters. The molecule has 0 aliphatic rings. The largest absolute Gasteiger partial charge is 0.481 e. The van der Waals surface area contributed by atoms with Gasteiger partial charge in [0.05, 0.1) is 69.9 Å². The Morgan fingerprint density at radius 2 is 0.849 bits per heavy atom. The maximum Gasteiger partial charge on any atom is 0.326 e. The average molecular weight is 1370 g/mol. The summed E-state index contributed by atoms with van der Waals surface area (Å²) in [6.45, 7) is 4.39. The molecule has 0 heterocycles. The zero-order valence-corrected chi connectivity index (χ0v) is 50.4. The van der Waals surface area contributed by atoms with Gasteiger partial charge in [0.1, 0.15) is 42.6 Å². The minimum atomic E-state index is -1.43. The third kappa shape index (κ3) is 67.3. The number of amides is 4. The van der Waals surface area contributed by atoms with Gasteiger partial charge in [-0.3, -0.25) is 52.7 Å². The molecule has 0 spiro atoms. The highest BCUT2D eigenvalue weighted by atomic mass is 32.2. The molecule has 0 radical (unpaired) electrons. The highest BCUT2D eigenvalue weighted by Gasteiger charge is 2.26. The number of aliphatic hydroxyl groups is 1. The predicted molar refractivity (Wildman–Crippen MR) is 362 cm³/mol. The Morgan fingerprint density at radius 1 is 0.441 bits per heavy atom. The van der Waals surface area contributed by atoms with Gasteiger partial charge in [0, 0.05) is 69.7 Å². The number of carboxylic acids is 5. The second-order valence-electron chi connectivity index (χ2n) is 20.4. The van der Waals surface area contributed by atoms with Crippen molar-refractivity contribution in [2.45, 2.75) is 233 Å². The normalized spacial score (nSPS) is 11.9. The first-order valence-electron chi connectivity index (χ1n) is 28.9. The van der Waals surface area contributed by atoms with E-state index in [0.717, 1.165) is 38.5 Å². The lowest BCUT2D eigenvalue weighted by Gasteiger charge is -2.17. The van der Waals surface area contributed by atoms with Crippen LogP contribution in [0.2, 0.25) is 0 Å². The van der Waals surface area contributed by atoms with Crippen LogP contribution in [0.4, 0.5) is 0 Å². The van der Waals surface area contributed by atoms with Gasteiger partial charge in [0.15, 0.2) is 5.78 Å². The van der Waals surface area contributed by atoms with E-state index in [1.165, 1.54) is 18.7 Å². The molecule has 0 rings (SSSR count). The fraction of sp³-hybridized carbons (Fsp3) is 0.797. The van der Waals surface area contributed by atoms with Crippen molar-refractivity contribution in [3.05, 3.63) is 0 Å². The van der Waals surface area contributed by atoms with E-state index < -0.39 is 89.9 Å². The minimum Gasteiger partial charge on any atom is -0.481 e. The molecular formula is C64H127N5O23S. The number of nitrogens with one attached hydrogen (secondary N) is 4. The molecule has 0 aliphatic carbocycles. The molecule has 28 nitrogen and oxygen atoms in total. The van der Waals surface area contributed by atoms with Gasteiger partial charge in [0.25, 0.3) is 0 Å². The van der Waals surface area contributed by atoms with E-state index in [4.69, 9.17) is 40.0 Å². The van der Waals surface area contributed by atoms with Crippen LogP contribution < -0.4 is 27.0 Å². The SMILES string of the molecule is C.C.C.C.C.C.C.C.CC(=O)[C@H](C)N.C[C@@H](CSCC(=O)CCCCC[C@H](CC(=O)COCCOCCNC(=O)COCCOCCNC(=O)CC[C@@H](NC(=O)CC[C@H](NC(=O)CCCCCCCCCCC(=O)O)C(=O)O)C(=O)O)C(=O)O)C(=O)C[C@@H](CO)C(=O)O. The Labute approximate surface area is 560 Å². The summed E-state index contributed by atoms with van der Waals surface area (Å²) in [6.07, 6.45) is 7.29. The van der Waals surface area contributed by atoms with E-state index in [0.29, 0.717) is 37.9 Å². The van der Waals surface area contributed by atoms with Crippen LogP contribution in [-0.2, 0) is 81.3 Å². The number of unbranched alkanes of at least 4 members (excludes halogenated alkanes) is 9. The third-order valence-corrected chi connectivity index (χ3v) is 13.9. The lowest BCUT2D eigenvalue weighted by molar-refractivity contribution is -0.145. The fourth-order valence-electron chi connectivity index (χ4n) is 7.40. The van der Waals surface area contributed by atoms with Gasteiger partial charge in [-0.15, -0.1) is 0 Å². The molecule has 0 aromatic rings. The Morgan fingerprint density at radius 3 is 1.30 bits per heavy atom. The van der Waals surface area contributed by atoms with E-state index in [1.54, 1.807) is 13.8 Å². The van der Waals surface area contributed by atoms with E-state index in [2.05, 4.69) is 21.3 Å². The Hall–Kier alpha value is -5.98. The average Bonchev–Trinajstić information content (AvgIpc) is 2.90. The maximum absolute atomic E-state index is 12.5. The number of aliphatic carboxylic acids is 5. The summed E-state index contributed by atoms with van der Waals surface area (Å²) < 4.78 is 21.3. The number of ether oxygens (including phenoxy) is 4. The van der Waals surface area contributed by atoms with Gasteiger partial charge in [-0.05, 0) is 52.4 Å². The molecule has 0 aromatic heterocycles. The van der Waals surface area contributed by atoms with Crippen molar-refractivity contribution in [3.63, 3.8) is 0 Å². The van der Waals surface area contributed by atoms with Crippen LogP contribution in [0.3, 0.4) is 0 Å². The number of carbonyl (C=O) groups is 13. The van der Waals surface area contributed by atoms with Crippen LogP contribution in [0.25, 0.3) is 0 Å². The van der Waals surface area contributed by atoms with Crippen molar-refractivity contribution in [2.75, 3.05) is 84.1 Å². The number of ketones is 4. The monoisotopic (exact) mass is 1370 g/mol. The summed E-state index contributed by atoms with van der Waals surface area (Å²) in [7, 11) is 0. The Kier molecular flexibility index (Phi) is 82.1. The molecule has 0 aliphatic heterocycles. The smallest absolute Gasteiger partial charge is 0.326 e. The van der Waals surface area contributed by atoms with E-state index in [-0.39, 0.29) is 224 Å². The maximum atomic E-state index is 12.5. The van der Waals surface area contributed by atoms with Gasteiger partial charge in [-0.1, -0.05) is 118 Å². The first-order valence-corrected chi connectivity index (χ1v) is 30.0. The molecule has 4 amide bonds. The fourth-order valence-corrected chi connectivity index (χ4v) is 8.43. The van der Waals surface area contributed by atoms with Gasteiger partial charge < -0.3 is 76.6 Å². The Bertz CT molecular complexity index is 2030. The minimum absolute atomic E-state index is 0. The summed E-state index contributed by atoms with van der Waals surface area (Å²) in [5.41, 5.74) is 5.09. The molecular weight excluding hydrogens is 1240 g/mol.